The maximum Gasteiger partial charge on any atom is 0.213 e. The molecule has 0 spiro atoms. The van der Waals surface area contributed by atoms with E-state index in [1.54, 1.807) is 0 Å². The summed E-state index contributed by atoms with van der Waals surface area (Å²) in [6, 6.07) is 10.6. The van der Waals surface area contributed by atoms with Crippen LogP contribution in [0.4, 0.5) is 0 Å². The molecule has 1 nitrogen and oxygen atoms in total. The molecule has 0 aliphatic heterocycles. The molecule has 0 saturated heterocycles. The number of fused-ring (bicyclic) bond motifs is 1. The van der Waals surface area contributed by atoms with E-state index < -0.39 is 0 Å². The minimum atomic E-state index is 0.840. The van der Waals surface area contributed by atoms with Crippen LogP contribution in [0.1, 0.15) is 0 Å². The van der Waals surface area contributed by atoms with Gasteiger partial charge in [0.25, 0.3) is 0 Å². The van der Waals surface area contributed by atoms with Gasteiger partial charge in [-0.1, -0.05) is 24.8 Å². The number of aromatic nitrogens is 1. The van der Waals surface area contributed by atoms with Crippen molar-refractivity contribution in [1.29, 1.82) is 0 Å². The summed E-state index contributed by atoms with van der Waals surface area (Å²) in [5, 5.41) is 1.30. The molecule has 2 aromatic rings. The molecule has 0 atom stereocenters. The second-order valence-electron chi connectivity index (χ2n) is 3.74. The van der Waals surface area contributed by atoms with Gasteiger partial charge in [0.2, 0.25) is 5.52 Å². The third kappa shape index (κ3) is 2.59. The minimum Gasteiger partial charge on any atom is -0.195 e. The number of nitrogens with zero attached hydrogens (tertiary/aromatic N) is 1. The largest absolute Gasteiger partial charge is 0.213 e. The number of rotatable bonds is 5. The van der Waals surface area contributed by atoms with E-state index in [-0.39, 0.29) is 0 Å². The molecule has 0 bridgehead atoms. The van der Waals surface area contributed by atoms with Gasteiger partial charge in [0.1, 0.15) is 0 Å². The van der Waals surface area contributed by atoms with Gasteiger partial charge in [0, 0.05) is 22.8 Å². The zero-order valence-corrected chi connectivity index (χ0v) is 10.6. The number of pyridine rings is 1. The van der Waals surface area contributed by atoms with E-state index in [9.17, 15) is 0 Å². The smallest absolute Gasteiger partial charge is 0.195 e. The molecule has 0 amide bonds. The lowest BCUT2D eigenvalue weighted by atomic mass is 10.2. The summed E-state index contributed by atoms with van der Waals surface area (Å²) in [6.45, 7) is 8.40. The Hall–Kier alpha value is -1.54. The van der Waals surface area contributed by atoms with Crippen molar-refractivity contribution in [1.82, 2.24) is 0 Å². The van der Waals surface area contributed by atoms with Crippen molar-refractivity contribution < 1.29 is 4.57 Å². The number of benzene rings is 1. The standard InChI is InChI=1S/C15H16NS/c1-3-10-16-11-9-15(17-12-4-2)13-7-5-6-8-14(13)16/h3-9,11H,1-2,10,12H2/q+1. The fourth-order valence-electron chi connectivity index (χ4n) is 1.83. The average molecular weight is 242 g/mol. The average Bonchev–Trinajstić information content (AvgIpc) is 2.38. The molecule has 2 heteroatoms. The highest BCUT2D eigenvalue weighted by atomic mass is 32.2. The summed E-state index contributed by atoms with van der Waals surface area (Å²) < 4.78 is 2.21. The zero-order valence-electron chi connectivity index (χ0n) is 9.80. The van der Waals surface area contributed by atoms with Crippen LogP contribution >= 0.6 is 11.8 Å². The summed E-state index contributed by atoms with van der Waals surface area (Å²) in [5.74, 6) is 0.940. The number of allylic oxidation sites excluding steroid dienone is 1. The van der Waals surface area contributed by atoms with Crippen LogP contribution < -0.4 is 4.57 Å². The monoisotopic (exact) mass is 242 g/mol. The number of hydrogen-bond acceptors (Lipinski definition) is 1. The minimum absolute atomic E-state index is 0.840. The van der Waals surface area contributed by atoms with Crippen molar-refractivity contribution in [2.45, 2.75) is 11.4 Å². The van der Waals surface area contributed by atoms with Gasteiger partial charge in [-0.3, -0.25) is 0 Å². The van der Waals surface area contributed by atoms with Crippen molar-refractivity contribution in [2.75, 3.05) is 5.75 Å². The van der Waals surface area contributed by atoms with Gasteiger partial charge in [0.15, 0.2) is 12.7 Å². The molecule has 86 valence electrons. The van der Waals surface area contributed by atoms with Gasteiger partial charge in [-0.15, -0.1) is 18.3 Å². The van der Waals surface area contributed by atoms with E-state index in [1.165, 1.54) is 15.8 Å². The highest BCUT2D eigenvalue weighted by Gasteiger charge is 2.10. The molecular weight excluding hydrogens is 226 g/mol. The number of thioether (sulfide) groups is 1. The second-order valence-corrected chi connectivity index (χ2v) is 4.80. The fraction of sp³-hybridized carbons (Fsp3) is 0.133. The Kier molecular flexibility index (Phi) is 3.99. The van der Waals surface area contributed by atoms with Gasteiger partial charge in [0.05, 0.1) is 5.39 Å². The first kappa shape index (κ1) is 11.9. The Labute approximate surface area is 106 Å². The van der Waals surface area contributed by atoms with Crippen molar-refractivity contribution in [3.63, 3.8) is 0 Å². The van der Waals surface area contributed by atoms with E-state index >= 15 is 0 Å². The molecule has 0 aliphatic rings. The molecule has 1 aromatic heterocycles. The van der Waals surface area contributed by atoms with Crippen LogP contribution in [-0.4, -0.2) is 5.75 Å². The Balaban J connectivity index is 2.53. The molecule has 1 heterocycles. The maximum absolute atomic E-state index is 3.80. The SMILES string of the molecule is C=CCSc1cc[n+](CC=C)c2ccccc12. The second kappa shape index (κ2) is 5.69. The van der Waals surface area contributed by atoms with Crippen molar-refractivity contribution in [3.05, 3.63) is 61.8 Å². The Morgan fingerprint density at radius 1 is 1.12 bits per heavy atom. The van der Waals surface area contributed by atoms with Crippen LogP contribution in [0, 0.1) is 0 Å². The van der Waals surface area contributed by atoms with Crippen LogP contribution in [0.3, 0.4) is 0 Å². The molecule has 0 saturated carbocycles. The zero-order chi connectivity index (χ0) is 12.1. The topological polar surface area (TPSA) is 3.88 Å². The summed E-state index contributed by atoms with van der Waals surface area (Å²) in [4.78, 5) is 1.31. The Morgan fingerprint density at radius 2 is 1.94 bits per heavy atom. The Bertz CT molecular complexity index is 546. The van der Waals surface area contributed by atoms with E-state index in [1.807, 2.05) is 23.9 Å². The van der Waals surface area contributed by atoms with E-state index in [0.29, 0.717) is 0 Å². The summed E-state index contributed by atoms with van der Waals surface area (Å²) >= 11 is 1.82. The summed E-state index contributed by atoms with van der Waals surface area (Å²) in [7, 11) is 0. The van der Waals surface area contributed by atoms with Crippen LogP contribution in [-0.2, 0) is 6.54 Å². The maximum atomic E-state index is 3.80. The van der Waals surface area contributed by atoms with E-state index in [2.05, 4.69) is 54.3 Å². The quantitative estimate of drug-likeness (QED) is 0.440. The van der Waals surface area contributed by atoms with Gasteiger partial charge in [-0.25, -0.2) is 0 Å². The highest BCUT2D eigenvalue weighted by Crippen LogP contribution is 2.25. The highest BCUT2D eigenvalue weighted by molar-refractivity contribution is 7.99. The van der Waals surface area contributed by atoms with Crippen LogP contribution in [0.5, 0.6) is 0 Å². The van der Waals surface area contributed by atoms with Crippen molar-refractivity contribution in [3.8, 4) is 0 Å². The number of para-hydroxylation sites is 1. The molecule has 17 heavy (non-hydrogen) atoms. The predicted molar refractivity (Wildman–Crippen MR) is 75.3 cm³/mol. The number of hydrogen-bond donors (Lipinski definition) is 0. The predicted octanol–water partition coefficient (Wildman–Crippen LogP) is 3.59. The van der Waals surface area contributed by atoms with Gasteiger partial charge < -0.3 is 0 Å². The molecule has 2 rings (SSSR count). The van der Waals surface area contributed by atoms with E-state index in [4.69, 9.17) is 0 Å². The first-order chi connectivity index (χ1) is 8.36. The summed E-state index contributed by atoms with van der Waals surface area (Å²) in [5.41, 5.74) is 1.25. The van der Waals surface area contributed by atoms with E-state index in [0.717, 1.165) is 12.3 Å². The molecule has 0 N–H and O–H groups in total. The lowest BCUT2D eigenvalue weighted by Crippen LogP contribution is -2.33. The third-order valence-electron chi connectivity index (χ3n) is 2.57. The fourth-order valence-corrected chi connectivity index (χ4v) is 2.62. The molecular formula is C15H16NS+. The van der Waals surface area contributed by atoms with Crippen molar-refractivity contribution >= 4 is 22.7 Å². The van der Waals surface area contributed by atoms with Crippen molar-refractivity contribution in [2.24, 2.45) is 0 Å². The molecule has 1 aromatic carbocycles. The van der Waals surface area contributed by atoms with Crippen LogP contribution in [0.15, 0.2) is 66.7 Å². The lowest BCUT2D eigenvalue weighted by Gasteiger charge is -2.04. The third-order valence-corrected chi connectivity index (χ3v) is 3.64. The first-order valence-electron chi connectivity index (χ1n) is 5.62. The van der Waals surface area contributed by atoms with Gasteiger partial charge in [-0.2, -0.15) is 4.57 Å². The first-order valence-corrected chi connectivity index (χ1v) is 6.61. The Morgan fingerprint density at radius 3 is 2.71 bits per heavy atom. The summed E-state index contributed by atoms with van der Waals surface area (Å²) in [6.07, 6.45) is 5.97. The lowest BCUT2D eigenvalue weighted by molar-refractivity contribution is -0.661. The molecule has 0 radical (unpaired) electrons. The van der Waals surface area contributed by atoms with Crippen LogP contribution in [0.2, 0.25) is 0 Å². The van der Waals surface area contributed by atoms with Crippen LogP contribution in [0.25, 0.3) is 10.9 Å². The molecule has 0 unspecified atom stereocenters. The van der Waals surface area contributed by atoms with Gasteiger partial charge in [-0.05, 0) is 12.1 Å². The molecule has 0 aliphatic carbocycles. The normalized spacial score (nSPS) is 10.4. The van der Waals surface area contributed by atoms with Gasteiger partial charge >= 0.3 is 0 Å². The molecule has 0 fully saturated rings.